The van der Waals surface area contributed by atoms with E-state index in [0.29, 0.717) is 0 Å². The lowest BCUT2D eigenvalue weighted by Crippen LogP contribution is -1.96. The highest BCUT2D eigenvalue weighted by molar-refractivity contribution is 6.25. The molecule has 0 spiro atoms. The summed E-state index contributed by atoms with van der Waals surface area (Å²) in [6, 6.07) is 35.7. The highest BCUT2D eigenvalue weighted by Crippen LogP contribution is 2.47. The van der Waals surface area contributed by atoms with Gasteiger partial charge in [-0.1, -0.05) is 84.9 Å². The van der Waals surface area contributed by atoms with Gasteiger partial charge in [-0.05, 0) is 35.7 Å². The molecule has 0 aliphatic carbocycles. The van der Waals surface area contributed by atoms with Gasteiger partial charge in [0.15, 0.2) is 0 Å². The number of fused-ring (bicyclic) bond motifs is 12. The average molecular weight is 421 g/mol. The van der Waals surface area contributed by atoms with Crippen LogP contribution in [-0.2, 0) is 0 Å². The van der Waals surface area contributed by atoms with Crippen LogP contribution in [0.1, 0.15) is 5.56 Å². The third-order valence-corrected chi connectivity index (χ3v) is 7.33. The SMILES string of the molecule is Cc1ccc2c(c1)[nH]c1c2ccc2c3cccc4c3n(c21)-c1ccccc1-c1ccccc1-4. The van der Waals surface area contributed by atoms with Crippen molar-refractivity contribution in [2.75, 3.05) is 0 Å². The van der Waals surface area contributed by atoms with Gasteiger partial charge in [-0.15, -0.1) is 0 Å². The van der Waals surface area contributed by atoms with Crippen molar-refractivity contribution in [1.29, 1.82) is 0 Å². The Hall–Kier alpha value is -4.30. The van der Waals surface area contributed by atoms with Crippen molar-refractivity contribution in [2.45, 2.75) is 6.92 Å². The third-order valence-electron chi connectivity index (χ3n) is 7.33. The van der Waals surface area contributed by atoms with E-state index in [1.165, 1.54) is 77.1 Å². The van der Waals surface area contributed by atoms with Crippen molar-refractivity contribution in [3.05, 3.63) is 103 Å². The zero-order valence-electron chi connectivity index (χ0n) is 18.2. The number of hydrogen-bond donors (Lipinski definition) is 1. The second-order valence-corrected chi connectivity index (χ2v) is 9.16. The maximum atomic E-state index is 3.79. The topological polar surface area (TPSA) is 20.7 Å². The summed E-state index contributed by atoms with van der Waals surface area (Å²) < 4.78 is 2.50. The van der Waals surface area contributed by atoms with Crippen LogP contribution < -0.4 is 0 Å². The quantitative estimate of drug-likeness (QED) is 0.254. The van der Waals surface area contributed by atoms with E-state index in [9.17, 15) is 0 Å². The van der Waals surface area contributed by atoms with Crippen LogP contribution in [0.15, 0.2) is 97.1 Å². The van der Waals surface area contributed by atoms with E-state index in [1.54, 1.807) is 0 Å². The molecule has 0 saturated heterocycles. The van der Waals surface area contributed by atoms with Gasteiger partial charge in [0.1, 0.15) is 0 Å². The maximum absolute atomic E-state index is 3.79. The second-order valence-electron chi connectivity index (χ2n) is 9.16. The molecule has 154 valence electrons. The van der Waals surface area contributed by atoms with E-state index >= 15 is 0 Å². The largest absolute Gasteiger partial charge is 0.353 e. The van der Waals surface area contributed by atoms with Gasteiger partial charge in [0.25, 0.3) is 0 Å². The molecule has 0 saturated carbocycles. The second kappa shape index (κ2) is 5.93. The Morgan fingerprint density at radius 1 is 0.545 bits per heavy atom. The van der Waals surface area contributed by atoms with Gasteiger partial charge in [-0.3, -0.25) is 0 Å². The number of nitrogens with zero attached hydrogens (tertiary/aromatic N) is 1. The van der Waals surface area contributed by atoms with E-state index in [2.05, 4.69) is 114 Å². The van der Waals surface area contributed by atoms with Crippen LogP contribution in [-0.4, -0.2) is 9.55 Å². The fourth-order valence-electron chi connectivity index (χ4n) is 5.94. The van der Waals surface area contributed by atoms with Crippen LogP contribution in [0.5, 0.6) is 0 Å². The number of benzene rings is 5. The molecule has 7 aromatic rings. The molecule has 33 heavy (non-hydrogen) atoms. The van der Waals surface area contributed by atoms with Crippen LogP contribution in [0.25, 0.3) is 71.6 Å². The molecule has 2 aromatic heterocycles. The van der Waals surface area contributed by atoms with Crippen LogP contribution in [0.3, 0.4) is 0 Å². The lowest BCUT2D eigenvalue weighted by Gasteiger charge is -2.12. The van der Waals surface area contributed by atoms with E-state index < -0.39 is 0 Å². The first kappa shape index (κ1) is 17.3. The summed E-state index contributed by atoms with van der Waals surface area (Å²) in [5, 5.41) is 5.14. The van der Waals surface area contributed by atoms with E-state index in [1.807, 2.05) is 0 Å². The lowest BCUT2D eigenvalue weighted by molar-refractivity contribution is 1.19. The Kier molecular flexibility index (Phi) is 3.11. The van der Waals surface area contributed by atoms with Crippen LogP contribution >= 0.6 is 0 Å². The number of hydrogen-bond acceptors (Lipinski definition) is 0. The number of aromatic amines is 1. The van der Waals surface area contributed by atoms with Crippen LogP contribution in [0.2, 0.25) is 0 Å². The smallest absolute Gasteiger partial charge is 0.0783 e. The van der Waals surface area contributed by atoms with Gasteiger partial charge in [0, 0.05) is 38.2 Å². The molecule has 1 aliphatic heterocycles. The van der Waals surface area contributed by atoms with Crippen molar-refractivity contribution in [2.24, 2.45) is 0 Å². The summed E-state index contributed by atoms with van der Waals surface area (Å²) in [5.41, 5.74) is 12.6. The monoisotopic (exact) mass is 420 g/mol. The lowest BCUT2D eigenvalue weighted by atomic mass is 9.94. The van der Waals surface area contributed by atoms with Gasteiger partial charge >= 0.3 is 0 Å². The molecule has 3 heterocycles. The molecule has 0 fully saturated rings. The molecule has 2 heteroatoms. The Morgan fingerprint density at radius 3 is 2.09 bits per heavy atom. The molecule has 5 aromatic carbocycles. The number of aromatic nitrogens is 2. The Balaban J connectivity index is 1.69. The number of rotatable bonds is 0. The molecule has 0 atom stereocenters. The Morgan fingerprint density at radius 2 is 1.21 bits per heavy atom. The van der Waals surface area contributed by atoms with Crippen LogP contribution in [0, 0.1) is 6.92 Å². The first-order valence-corrected chi connectivity index (χ1v) is 11.5. The molecule has 0 unspecified atom stereocenters. The number of para-hydroxylation sites is 2. The molecule has 2 nitrogen and oxygen atoms in total. The molecule has 1 aliphatic rings. The van der Waals surface area contributed by atoms with E-state index in [0.717, 1.165) is 0 Å². The number of aryl methyl sites for hydroxylation is 1. The molecule has 1 N–H and O–H groups in total. The highest BCUT2D eigenvalue weighted by Gasteiger charge is 2.25. The van der Waals surface area contributed by atoms with Crippen molar-refractivity contribution < 1.29 is 0 Å². The van der Waals surface area contributed by atoms with Gasteiger partial charge in [-0.25, -0.2) is 0 Å². The predicted octanol–water partition coefficient (Wildman–Crippen LogP) is 8.37. The van der Waals surface area contributed by atoms with Crippen molar-refractivity contribution in [3.63, 3.8) is 0 Å². The molecule has 0 amide bonds. The summed E-state index contributed by atoms with van der Waals surface area (Å²) in [5.74, 6) is 0. The van der Waals surface area contributed by atoms with Crippen LogP contribution in [0.4, 0.5) is 0 Å². The van der Waals surface area contributed by atoms with Gasteiger partial charge in [-0.2, -0.15) is 0 Å². The number of H-pyrrole nitrogens is 1. The summed E-state index contributed by atoms with van der Waals surface area (Å²) in [6.07, 6.45) is 0. The van der Waals surface area contributed by atoms with Crippen molar-refractivity contribution in [3.8, 4) is 27.9 Å². The first-order valence-electron chi connectivity index (χ1n) is 11.5. The summed E-state index contributed by atoms with van der Waals surface area (Å²) in [7, 11) is 0. The average Bonchev–Trinajstić information content (AvgIpc) is 3.35. The zero-order valence-corrected chi connectivity index (χ0v) is 18.2. The zero-order chi connectivity index (χ0) is 21.7. The molecule has 0 radical (unpaired) electrons. The normalized spacial score (nSPS) is 12.4. The third kappa shape index (κ3) is 2.08. The molecular formula is C31H20N2. The fraction of sp³-hybridized carbons (Fsp3) is 0.0323. The molecular weight excluding hydrogens is 400 g/mol. The Bertz CT molecular complexity index is 1930. The van der Waals surface area contributed by atoms with E-state index in [-0.39, 0.29) is 0 Å². The standard InChI is InChI=1S/C31H20N2/c1-18-13-14-21-23-15-16-26-25-11-6-10-24-20-8-3-2-7-19(20)22-9-4-5-12-28(22)33(30(24)25)31(26)29(23)32-27(21)17-18/h2-17,32H,1H3. The van der Waals surface area contributed by atoms with Crippen molar-refractivity contribution >= 4 is 43.6 Å². The summed E-state index contributed by atoms with van der Waals surface area (Å²) >= 11 is 0. The minimum atomic E-state index is 1.20. The minimum absolute atomic E-state index is 1.20. The molecule has 8 rings (SSSR count). The van der Waals surface area contributed by atoms with Gasteiger partial charge in [0.05, 0.1) is 22.2 Å². The summed E-state index contributed by atoms with van der Waals surface area (Å²) in [6.45, 7) is 2.15. The Labute approximate surface area is 190 Å². The maximum Gasteiger partial charge on any atom is 0.0783 e. The molecule has 0 bridgehead atoms. The first-order chi connectivity index (χ1) is 16.3. The number of nitrogens with one attached hydrogen (secondary N) is 1. The predicted molar refractivity (Wildman–Crippen MR) is 139 cm³/mol. The van der Waals surface area contributed by atoms with Gasteiger partial charge < -0.3 is 9.55 Å². The fourth-order valence-corrected chi connectivity index (χ4v) is 5.94. The highest BCUT2D eigenvalue weighted by atomic mass is 15.0. The minimum Gasteiger partial charge on any atom is -0.353 e. The van der Waals surface area contributed by atoms with Crippen molar-refractivity contribution in [1.82, 2.24) is 9.55 Å². The summed E-state index contributed by atoms with van der Waals surface area (Å²) in [4.78, 5) is 3.79. The van der Waals surface area contributed by atoms with Gasteiger partial charge in [0.2, 0.25) is 0 Å². The van der Waals surface area contributed by atoms with E-state index in [4.69, 9.17) is 0 Å².